The van der Waals surface area contributed by atoms with E-state index >= 15 is 0 Å². The number of rotatable bonds is 3. The van der Waals surface area contributed by atoms with Crippen molar-refractivity contribution in [3.8, 4) is 0 Å². The Kier molecular flexibility index (Phi) is 4.69. The van der Waals surface area contributed by atoms with Gasteiger partial charge in [0.25, 0.3) is 0 Å². The monoisotopic (exact) mass is 399 g/mol. The van der Waals surface area contributed by atoms with Gasteiger partial charge in [-0.1, -0.05) is 23.7 Å². The van der Waals surface area contributed by atoms with E-state index in [9.17, 15) is 32.3 Å². The largest absolute Gasteiger partial charge is 0.477 e. The molecule has 0 radical (unpaired) electrons. The van der Waals surface area contributed by atoms with Gasteiger partial charge in [-0.3, -0.25) is 4.79 Å². The molecular formula is C18H10ClF4NO3. The van der Waals surface area contributed by atoms with Crippen LogP contribution in [0.2, 0.25) is 5.02 Å². The van der Waals surface area contributed by atoms with Crippen molar-refractivity contribution in [3.05, 3.63) is 80.3 Å². The molecule has 0 saturated carbocycles. The lowest BCUT2D eigenvalue weighted by molar-refractivity contribution is -0.137. The molecule has 1 aromatic heterocycles. The molecule has 0 aliphatic rings. The zero-order chi connectivity index (χ0) is 19.9. The van der Waals surface area contributed by atoms with Gasteiger partial charge in [-0.2, -0.15) is 13.2 Å². The Bertz CT molecular complexity index is 1120. The lowest BCUT2D eigenvalue weighted by Gasteiger charge is -2.15. The maximum Gasteiger partial charge on any atom is 0.417 e. The number of hydrogen-bond donors (Lipinski definition) is 1. The Morgan fingerprint density at radius 2 is 1.89 bits per heavy atom. The van der Waals surface area contributed by atoms with Gasteiger partial charge in [0.1, 0.15) is 11.4 Å². The van der Waals surface area contributed by atoms with Crippen LogP contribution in [0.5, 0.6) is 0 Å². The first-order valence-corrected chi connectivity index (χ1v) is 7.88. The fraction of sp³-hybridized carbons (Fsp3) is 0.111. The summed E-state index contributed by atoms with van der Waals surface area (Å²) in [5.41, 5.74) is -2.64. The van der Waals surface area contributed by atoms with Crippen molar-refractivity contribution < 1.29 is 27.5 Å². The number of carbonyl (C=O) groups is 1. The minimum Gasteiger partial charge on any atom is -0.477 e. The molecule has 1 N–H and O–H groups in total. The number of pyridine rings is 1. The van der Waals surface area contributed by atoms with Crippen LogP contribution in [-0.4, -0.2) is 15.6 Å². The number of nitrogens with zero attached hydrogens (tertiary/aromatic N) is 1. The number of benzene rings is 2. The molecule has 0 bridgehead atoms. The normalized spacial score (nSPS) is 11.7. The molecule has 3 rings (SSSR count). The number of hydrogen-bond acceptors (Lipinski definition) is 2. The van der Waals surface area contributed by atoms with Crippen LogP contribution in [0.25, 0.3) is 10.9 Å². The lowest BCUT2D eigenvalue weighted by atomic mass is 10.1. The Morgan fingerprint density at radius 3 is 2.52 bits per heavy atom. The summed E-state index contributed by atoms with van der Waals surface area (Å²) in [6.45, 7) is -0.293. The van der Waals surface area contributed by atoms with Gasteiger partial charge in [0.2, 0.25) is 5.43 Å². The zero-order valence-corrected chi connectivity index (χ0v) is 14.1. The molecule has 0 amide bonds. The van der Waals surface area contributed by atoms with E-state index in [1.54, 1.807) is 0 Å². The highest BCUT2D eigenvalue weighted by Crippen LogP contribution is 2.35. The molecular weight excluding hydrogens is 390 g/mol. The van der Waals surface area contributed by atoms with Crippen molar-refractivity contribution in [1.29, 1.82) is 0 Å². The molecule has 0 aliphatic heterocycles. The molecule has 4 nitrogen and oxygen atoms in total. The summed E-state index contributed by atoms with van der Waals surface area (Å²) >= 11 is 5.59. The Balaban J connectivity index is 2.22. The number of aromatic nitrogens is 1. The van der Waals surface area contributed by atoms with Gasteiger partial charge in [0.15, 0.2) is 0 Å². The molecule has 0 aliphatic carbocycles. The van der Waals surface area contributed by atoms with Crippen LogP contribution in [0.3, 0.4) is 0 Å². The van der Waals surface area contributed by atoms with Crippen LogP contribution in [0.4, 0.5) is 17.6 Å². The van der Waals surface area contributed by atoms with Gasteiger partial charge < -0.3 is 9.67 Å². The van der Waals surface area contributed by atoms with E-state index in [2.05, 4.69) is 0 Å². The van der Waals surface area contributed by atoms with Gasteiger partial charge in [-0.05, 0) is 29.8 Å². The molecule has 0 atom stereocenters. The number of aromatic carboxylic acids is 1. The molecule has 0 spiro atoms. The third-order valence-electron chi connectivity index (χ3n) is 3.97. The summed E-state index contributed by atoms with van der Waals surface area (Å²) in [4.78, 5) is 23.5. The highest BCUT2D eigenvalue weighted by molar-refractivity contribution is 6.31. The first-order valence-electron chi connectivity index (χ1n) is 7.50. The van der Waals surface area contributed by atoms with E-state index in [1.165, 1.54) is 18.2 Å². The quantitative estimate of drug-likeness (QED) is 0.657. The lowest BCUT2D eigenvalue weighted by Crippen LogP contribution is -2.20. The van der Waals surface area contributed by atoms with Crippen LogP contribution in [0.15, 0.2) is 47.4 Å². The SMILES string of the molecule is O=C(O)c1cn(Cc2ccc(Cl)c(C(F)(F)F)c2)c2c(F)cccc2c1=O. The van der Waals surface area contributed by atoms with E-state index in [0.29, 0.717) is 0 Å². The minimum absolute atomic E-state index is 0.108. The number of halogens is 5. The van der Waals surface area contributed by atoms with Crippen LogP contribution >= 0.6 is 11.6 Å². The van der Waals surface area contributed by atoms with Crippen molar-refractivity contribution in [2.45, 2.75) is 12.7 Å². The second-order valence-corrected chi connectivity index (χ2v) is 6.16. The molecule has 9 heteroatoms. The predicted octanol–water partition coefficient (Wildman–Crippen LogP) is 4.56. The number of carboxylic acid groups (broad SMARTS) is 1. The van der Waals surface area contributed by atoms with E-state index < -0.39 is 39.5 Å². The Hall–Kier alpha value is -2.87. The highest BCUT2D eigenvalue weighted by atomic mass is 35.5. The summed E-state index contributed by atoms with van der Waals surface area (Å²) in [5.74, 6) is -2.32. The van der Waals surface area contributed by atoms with E-state index in [4.69, 9.17) is 11.6 Å². The van der Waals surface area contributed by atoms with Crippen LogP contribution in [0.1, 0.15) is 21.5 Å². The van der Waals surface area contributed by atoms with Crippen molar-refractivity contribution in [2.75, 3.05) is 0 Å². The first-order chi connectivity index (χ1) is 12.6. The molecule has 140 valence electrons. The average Bonchev–Trinajstić information content (AvgIpc) is 2.57. The summed E-state index contributed by atoms with van der Waals surface area (Å²) in [5, 5.41) is 8.53. The van der Waals surface area contributed by atoms with Gasteiger partial charge >= 0.3 is 12.1 Å². The number of alkyl halides is 3. The van der Waals surface area contributed by atoms with Gasteiger partial charge in [0.05, 0.1) is 16.1 Å². The van der Waals surface area contributed by atoms with Crippen LogP contribution in [0, 0.1) is 5.82 Å². The van der Waals surface area contributed by atoms with Crippen molar-refractivity contribution in [3.63, 3.8) is 0 Å². The van der Waals surface area contributed by atoms with E-state index in [-0.39, 0.29) is 23.0 Å². The number of para-hydroxylation sites is 1. The average molecular weight is 400 g/mol. The molecule has 2 aromatic carbocycles. The van der Waals surface area contributed by atoms with E-state index in [0.717, 1.165) is 29.0 Å². The molecule has 0 unspecified atom stereocenters. The van der Waals surface area contributed by atoms with Crippen molar-refractivity contribution in [1.82, 2.24) is 4.57 Å². The summed E-state index contributed by atoms with van der Waals surface area (Å²) in [6.07, 6.45) is -3.77. The molecule has 27 heavy (non-hydrogen) atoms. The van der Waals surface area contributed by atoms with Gasteiger partial charge in [-0.25, -0.2) is 9.18 Å². The van der Waals surface area contributed by atoms with E-state index in [1.807, 2.05) is 0 Å². The standard InChI is InChI=1S/C18H10ClF4NO3/c19-13-5-4-9(6-12(13)18(21,22)23)7-24-8-11(17(26)27)16(25)10-2-1-3-14(20)15(10)24/h1-6,8H,7H2,(H,26,27). The van der Waals surface area contributed by atoms with Gasteiger partial charge in [0, 0.05) is 18.1 Å². The highest BCUT2D eigenvalue weighted by Gasteiger charge is 2.33. The second-order valence-electron chi connectivity index (χ2n) is 5.75. The van der Waals surface area contributed by atoms with Crippen molar-refractivity contribution >= 4 is 28.5 Å². The minimum atomic E-state index is -4.68. The van der Waals surface area contributed by atoms with Crippen molar-refractivity contribution in [2.24, 2.45) is 0 Å². The molecule has 0 fully saturated rings. The summed E-state index contributed by atoms with van der Waals surface area (Å²) in [7, 11) is 0. The topological polar surface area (TPSA) is 59.3 Å². The number of carboxylic acids is 1. The smallest absolute Gasteiger partial charge is 0.417 e. The summed E-state index contributed by atoms with van der Waals surface area (Å²) in [6, 6.07) is 6.74. The Labute approximate surface area is 154 Å². The molecule has 0 saturated heterocycles. The summed E-state index contributed by atoms with van der Waals surface area (Å²) < 4.78 is 54.5. The predicted molar refractivity (Wildman–Crippen MR) is 90.7 cm³/mol. The van der Waals surface area contributed by atoms with Gasteiger partial charge in [-0.15, -0.1) is 0 Å². The second kappa shape index (κ2) is 6.70. The fourth-order valence-corrected chi connectivity index (χ4v) is 3.00. The first kappa shape index (κ1) is 18.9. The molecule has 1 heterocycles. The zero-order valence-electron chi connectivity index (χ0n) is 13.3. The maximum atomic E-state index is 14.3. The Morgan fingerprint density at radius 1 is 1.19 bits per heavy atom. The third-order valence-corrected chi connectivity index (χ3v) is 4.30. The third kappa shape index (κ3) is 3.52. The maximum absolute atomic E-state index is 14.3. The fourth-order valence-electron chi connectivity index (χ4n) is 2.78. The van der Waals surface area contributed by atoms with Crippen LogP contribution < -0.4 is 5.43 Å². The number of fused-ring (bicyclic) bond motifs is 1. The van der Waals surface area contributed by atoms with Crippen LogP contribution in [-0.2, 0) is 12.7 Å². The molecule has 3 aromatic rings.